The first kappa shape index (κ1) is 14.8. The Kier molecular flexibility index (Phi) is 4.02. The first-order chi connectivity index (χ1) is 10.6. The minimum absolute atomic E-state index is 0.0525. The van der Waals surface area contributed by atoms with E-state index in [-0.39, 0.29) is 5.43 Å². The Morgan fingerprint density at radius 1 is 1.27 bits per heavy atom. The molecule has 3 rings (SSSR count). The molecule has 0 aliphatic heterocycles. The van der Waals surface area contributed by atoms with Crippen molar-refractivity contribution in [2.45, 2.75) is 38.1 Å². The Labute approximate surface area is 132 Å². The summed E-state index contributed by atoms with van der Waals surface area (Å²) < 4.78 is 0. The highest BCUT2D eigenvalue weighted by Crippen LogP contribution is 2.21. The zero-order valence-corrected chi connectivity index (χ0v) is 13.7. The number of pyridine rings is 1. The fourth-order valence-corrected chi connectivity index (χ4v) is 3.06. The van der Waals surface area contributed by atoms with Gasteiger partial charge in [-0.05, 0) is 31.0 Å². The summed E-state index contributed by atoms with van der Waals surface area (Å²) in [5, 5.41) is 8.49. The van der Waals surface area contributed by atoms with E-state index in [0.29, 0.717) is 10.9 Å². The van der Waals surface area contributed by atoms with E-state index >= 15 is 0 Å². The van der Waals surface area contributed by atoms with Crippen LogP contribution in [0.25, 0.3) is 10.9 Å². The van der Waals surface area contributed by atoms with Crippen LogP contribution in [0.2, 0.25) is 0 Å². The molecule has 2 N–H and O–H groups in total. The summed E-state index contributed by atoms with van der Waals surface area (Å²) in [5.41, 5.74) is 4.16. The maximum absolute atomic E-state index is 12.3. The van der Waals surface area contributed by atoms with Gasteiger partial charge in [0.25, 0.3) is 0 Å². The van der Waals surface area contributed by atoms with Gasteiger partial charge in [-0.15, -0.1) is 5.10 Å². The summed E-state index contributed by atoms with van der Waals surface area (Å²) in [7, 11) is 0. The van der Waals surface area contributed by atoms with Crippen molar-refractivity contribution in [2.75, 3.05) is 0 Å². The van der Waals surface area contributed by atoms with Crippen LogP contribution >= 0.6 is 11.8 Å². The van der Waals surface area contributed by atoms with Crippen molar-refractivity contribution in [2.24, 2.45) is 0 Å². The summed E-state index contributed by atoms with van der Waals surface area (Å²) in [6, 6.07) is 5.54. The third-order valence-electron chi connectivity index (χ3n) is 3.80. The number of nitrogens with zero attached hydrogens (tertiary/aromatic N) is 2. The lowest BCUT2D eigenvalue weighted by Crippen LogP contribution is -2.06. The molecule has 0 fully saturated rings. The van der Waals surface area contributed by atoms with Crippen molar-refractivity contribution in [3.05, 3.63) is 51.1 Å². The van der Waals surface area contributed by atoms with E-state index in [2.05, 4.69) is 27.1 Å². The van der Waals surface area contributed by atoms with Crippen LogP contribution < -0.4 is 5.43 Å². The minimum atomic E-state index is 0.0525. The highest BCUT2D eigenvalue weighted by molar-refractivity contribution is 7.98. The van der Waals surface area contributed by atoms with Crippen molar-refractivity contribution in [3.8, 4) is 0 Å². The van der Waals surface area contributed by atoms with E-state index in [4.69, 9.17) is 0 Å². The maximum Gasteiger partial charge on any atom is 0.208 e. The van der Waals surface area contributed by atoms with Crippen molar-refractivity contribution >= 4 is 22.7 Å². The van der Waals surface area contributed by atoms with Gasteiger partial charge in [0.05, 0.1) is 5.52 Å². The van der Waals surface area contributed by atoms with E-state index in [1.54, 1.807) is 6.07 Å². The van der Waals surface area contributed by atoms with Crippen LogP contribution in [-0.4, -0.2) is 20.2 Å². The van der Waals surface area contributed by atoms with Crippen LogP contribution in [-0.2, 0) is 12.2 Å². The van der Waals surface area contributed by atoms with Crippen LogP contribution in [0, 0.1) is 13.8 Å². The molecular formula is C16H18N4OS. The van der Waals surface area contributed by atoms with Gasteiger partial charge in [-0.25, -0.2) is 4.98 Å². The quantitative estimate of drug-likeness (QED) is 0.726. The van der Waals surface area contributed by atoms with Crippen molar-refractivity contribution in [1.29, 1.82) is 0 Å². The standard InChI is InChI=1S/C16H18N4OS/c1-4-14-18-16(20-19-14)22-8-11-7-13(21)12-6-5-9(2)10(3)15(12)17-11/h5-7H,4,8H2,1-3H3,(H,17,21)(H,18,19,20). The molecule has 0 bridgehead atoms. The average Bonchev–Trinajstić information content (AvgIpc) is 2.97. The Bertz CT molecular complexity index is 881. The molecule has 114 valence electrons. The average molecular weight is 314 g/mol. The monoisotopic (exact) mass is 314 g/mol. The fourth-order valence-electron chi connectivity index (χ4n) is 2.34. The van der Waals surface area contributed by atoms with Crippen molar-refractivity contribution in [1.82, 2.24) is 20.2 Å². The van der Waals surface area contributed by atoms with Crippen LogP contribution in [0.5, 0.6) is 0 Å². The van der Waals surface area contributed by atoms with E-state index in [1.165, 1.54) is 17.3 Å². The van der Waals surface area contributed by atoms with Crippen LogP contribution in [0.15, 0.2) is 28.2 Å². The summed E-state index contributed by atoms with van der Waals surface area (Å²) >= 11 is 1.51. The van der Waals surface area contributed by atoms with Gasteiger partial charge in [-0.3, -0.25) is 9.89 Å². The molecule has 1 aromatic carbocycles. The number of aromatic nitrogens is 4. The molecule has 2 aromatic heterocycles. The second kappa shape index (κ2) is 5.96. The molecule has 3 aromatic rings. The number of nitrogens with one attached hydrogen (secondary N) is 2. The van der Waals surface area contributed by atoms with Gasteiger partial charge in [0, 0.05) is 29.3 Å². The molecule has 0 saturated heterocycles. The van der Waals surface area contributed by atoms with Gasteiger partial charge < -0.3 is 4.98 Å². The molecule has 0 unspecified atom stereocenters. The van der Waals surface area contributed by atoms with Crippen LogP contribution in [0.4, 0.5) is 0 Å². The van der Waals surface area contributed by atoms with Crippen LogP contribution in [0.3, 0.4) is 0 Å². The lowest BCUT2D eigenvalue weighted by Gasteiger charge is -2.08. The number of aryl methyl sites for hydroxylation is 3. The molecule has 0 amide bonds. The lowest BCUT2D eigenvalue weighted by atomic mass is 10.0. The largest absolute Gasteiger partial charge is 0.357 e. The third kappa shape index (κ3) is 2.78. The smallest absolute Gasteiger partial charge is 0.208 e. The Morgan fingerprint density at radius 3 is 2.82 bits per heavy atom. The summed E-state index contributed by atoms with van der Waals surface area (Å²) in [6.07, 6.45) is 0.832. The van der Waals surface area contributed by atoms with Gasteiger partial charge in [0.15, 0.2) is 5.43 Å². The second-order valence-electron chi connectivity index (χ2n) is 5.30. The van der Waals surface area contributed by atoms with Gasteiger partial charge in [-0.1, -0.05) is 24.8 Å². The number of fused-ring (bicyclic) bond motifs is 1. The predicted octanol–water partition coefficient (Wildman–Crippen LogP) is 3.12. The molecule has 6 heteroatoms. The molecule has 0 spiro atoms. The van der Waals surface area contributed by atoms with E-state index in [0.717, 1.165) is 34.4 Å². The highest BCUT2D eigenvalue weighted by Gasteiger charge is 2.08. The summed E-state index contributed by atoms with van der Waals surface area (Å²) in [5.74, 6) is 1.51. The minimum Gasteiger partial charge on any atom is -0.357 e. The number of hydrogen-bond acceptors (Lipinski definition) is 4. The predicted molar refractivity (Wildman–Crippen MR) is 89.4 cm³/mol. The lowest BCUT2D eigenvalue weighted by molar-refractivity contribution is 0.941. The molecular weight excluding hydrogens is 296 g/mol. The van der Waals surface area contributed by atoms with Gasteiger partial charge >= 0.3 is 0 Å². The number of hydrogen-bond donors (Lipinski definition) is 2. The molecule has 0 aliphatic carbocycles. The van der Waals surface area contributed by atoms with Gasteiger partial charge in [-0.2, -0.15) is 0 Å². The molecule has 0 atom stereocenters. The van der Waals surface area contributed by atoms with E-state index in [1.807, 2.05) is 26.0 Å². The number of thioether (sulfide) groups is 1. The Morgan fingerprint density at radius 2 is 2.09 bits per heavy atom. The number of rotatable bonds is 4. The highest BCUT2D eigenvalue weighted by atomic mass is 32.2. The molecule has 0 radical (unpaired) electrons. The fraction of sp³-hybridized carbons (Fsp3) is 0.312. The van der Waals surface area contributed by atoms with Gasteiger partial charge in [0.1, 0.15) is 5.82 Å². The zero-order valence-electron chi connectivity index (χ0n) is 12.9. The Hall–Kier alpha value is -2.08. The maximum atomic E-state index is 12.3. The first-order valence-corrected chi connectivity index (χ1v) is 8.23. The molecule has 22 heavy (non-hydrogen) atoms. The molecule has 5 nitrogen and oxygen atoms in total. The number of benzene rings is 1. The van der Waals surface area contributed by atoms with Crippen molar-refractivity contribution in [3.63, 3.8) is 0 Å². The third-order valence-corrected chi connectivity index (χ3v) is 4.69. The van der Waals surface area contributed by atoms with E-state index in [9.17, 15) is 4.79 Å². The summed E-state index contributed by atoms with van der Waals surface area (Å²) in [4.78, 5) is 20.0. The van der Waals surface area contributed by atoms with E-state index < -0.39 is 0 Å². The van der Waals surface area contributed by atoms with Gasteiger partial charge in [0.2, 0.25) is 5.16 Å². The second-order valence-corrected chi connectivity index (χ2v) is 6.24. The molecule has 2 heterocycles. The first-order valence-electron chi connectivity index (χ1n) is 7.24. The summed E-state index contributed by atoms with van der Waals surface area (Å²) in [6.45, 7) is 6.11. The number of H-pyrrole nitrogens is 2. The Balaban J connectivity index is 1.91. The molecule has 0 aliphatic rings. The number of aromatic amines is 2. The topological polar surface area (TPSA) is 74.4 Å². The van der Waals surface area contributed by atoms with Crippen LogP contribution in [0.1, 0.15) is 29.6 Å². The zero-order chi connectivity index (χ0) is 15.7. The normalized spacial score (nSPS) is 11.2. The van der Waals surface area contributed by atoms with Crippen molar-refractivity contribution < 1.29 is 0 Å². The SMILES string of the molecule is CCc1nc(SCc2cc(=O)c3ccc(C)c(C)c3[nH]2)n[nH]1. The molecule has 0 saturated carbocycles.